The van der Waals surface area contributed by atoms with Crippen molar-refractivity contribution in [2.75, 3.05) is 26.9 Å². The number of hydrogen-bond acceptors (Lipinski definition) is 5. The molecule has 0 saturated carbocycles. The van der Waals surface area contributed by atoms with Crippen LogP contribution in [0.5, 0.6) is 5.75 Å². The topological polar surface area (TPSA) is 65.1 Å². The van der Waals surface area contributed by atoms with Crippen molar-refractivity contribution >= 4 is 18.8 Å². The van der Waals surface area contributed by atoms with Gasteiger partial charge in [-0.25, -0.2) is 4.79 Å². The van der Waals surface area contributed by atoms with E-state index >= 15 is 0 Å². The second-order valence-corrected chi connectivity index (χ2v) is 7.02. The minimum atomic E-state index is -3.50. The fourth-order valence-corrected chi connectivity index (χ4v) is 4.01. The molecule has 0 saturated heterocycles. The Morgan fingerprint density at radius 1 is 1.33 bits per heavy atom. The molecule has 0 aromatic heterocycles. The number of methoxy groups -OCH3 is 1. The van der Waals surface area contributed by atoms with Gasteiger partial charge in [-0.3, -0.25) is 9.09 Å². The van der Waals surface area contributed by atoms with E-state index in [-0.39, 0.29) is 6.61 Å². The van der Waals surface area contributed by atoms with Crippen LogP contribution < -0.4 is 10.0 Å². The number of hydrogen-bond donors (Lipinski definition) is 0. The summed E-state index contributed by atoms with van der Waals surface area (Å²) in [5, 5.41) is 0.451. The molecule has 7 heteroatoms. The Bertz CT molecular complexity index is 612. The van der Waals surface area contributed by atoms with Crippen LogP contribution in [-0.4, -0.2) is 37.5 Å². The van der Waals surface area contributed by atoms with E-state index in [4.69, 9.17) is 14.0 Å². The van der Waals surface area contributed by atoms with E-state index in [9.17, 15) is 9.36 Å². The summed E-state index contributed by atoms with van der Waals surface area (Å²) in [5.41, 5.74) is 0. The molecule has 1 unspecified atom stereocenters. The van der Waals surface area contributed by atoms with Gasteiger partial charge >= 0.3 is 13.5 Å². The average Bonchev–Trinajstić information content (AvgIpc) is 2.60. The number of carbonyl (C=O) groups is 1. The number of carbonyl (C=O) groups excluding carboxylic acids is 1. The zero-order valence-electron chi connectivity index (χ0n) is 14.3. The third-order valence-electron chi connectivity index (χ3n) is 3.04. The molecule has 0 aliphatic carbocycles. The molecule has 0 amide bonds. The molecule has 0 spiro atoms. The Labute approximate surface area is 143 Å². The predicted octanol–water partition coefficient (Wildman–Crippen LogP) is 3.11. The number of ether oxygens (including phenoxy) is 2. The molecule has 0 heterocycles. The summed E-state index contributed by atoms with van der Waals surface area (Å²) in [5.74, 6) is 0.0715. The van der Waals surface area contributed by atoms with Crippen molar-refractivity contribution in [1.29, 1.82) is 0 Å². The van der Waals surface area contributed by atoms with Gasteiger partial charge in [-0.2, -0.15) is 0 Å². The van der Waals surface area contributed by atoms with Crippen LogP contribution in [0.15, 0.2) is 49.2 Å². The van der Waals surface area contributed by atoms with Crippen molar-refractivity contribution in [3.8, 4) is 5.75 Å². The van der Waals surface area contributed by atoms with Crippen molar-refractivity contribution in [2.24, 2.45) is 0 Å². The van der Waals surface area contributed by atoms with Crippen LogP contribution in [0.3, 0.4) is 0 Å². The molecule has 132 valence electrons. The summed E-state index contributed by atoms with van der Waals surface area (Å²) >= 11 is 0. The average molecular weight is 353 g/mol. The molecule has 0 aliphatic heterocycles. The molecule has 0 aliphatic rings. The highest BCUT2D eigenvalue weighted by Crippen LogP contribution is 2.50. The van der Waals surface area contributed by atoms with Gasteiger partial charge in [0.25, 0.3) is 0 Å². The predicted molar refractivity (Wildman–Crippen MR) is 94.5 cm³/mol. The Kier molecular flexibility index (Phi) is 8.30. The largest absolute Gasteiger partial charge is 0.497 e. The van der Waals surface area contributed by atoms with E-state index in [1.165, 1.54) is 4.67 Å². The van der Waals surface area contributed by atoms with E-state index in [2.05, 4.69) is 6.58 Å². The van der Waals surface area contributed by atoms with Gasteiger partial charge in [-0.15, -0.1) is 6.58 Å². The summed E-state index contributed by atoms with van der Waals surface area (Å²) in [6.07, 6.45) is 5.01. The normalized spacial score (nSPS) is 13.3. The Morgan fingerprint density at radius 3 is 2.50 bits per heavy atom. The van der Waals surface area contributed by atoms with Crippen molar-refractivity contribution in [3.63, 3.8) is 0 Å². The first-order valence-electron chi connectivity index (χ1n) is 7.57. The van der Waals surface area contributed by atoms with Crippen molar-refractivity contribution < 1.29 is 23.4 Å². The van der Waals surface area contributed by atoms with Crippen molar-refractivity contribution in [3.05, 3.63) is 49.2 Å². The molecular formula is C17H24NO5P. The Balaban J connectivity index is 3.18. The summed E-state index contributed by atoms with van der Waals surface area (Å²) < 4.78 is 30.6. The second kappa shape index (κ2) is 9.96. The van der Waals surface area contributed by atoms with Crippen molar-refractivity contribution in [2.45, 2.75) is 13.8 Å². The summed E-state index contributed by atoms with van der Waals surface area (Å²) in [6, 6.07) is 6.70. The molecule has 0 bridgehead atoms. The van der Waals surface area contributed by atoms with Gasteiger partial charge in [0, 0.05) is 12.7 Å². The monoisotopic (exact) mass is 353 g/mol. The maximum atomic E-state index is 13.6. The van der Waals surface area contributed by atoms with E-state index in [1.54, 1.807) is 63.6 Å². The minimum absolute atomic E-state index is 0.236. The van der Waals surface area contributed by atoms with Gasteiger partial charge in [-0.05, 0) is 38.1 Å². The summed E-state index contributed by atoms with van der Waals surface area (Å²) in [7, 11) is -1.95. The third-order valence-corrected chi connectivity index (χ3v) is 5.44. The zero-order valence-corrected chi connectivity index (χ0v) is 15.2. The molecular weight excluding hydrogens is 329 g/mol. The van der Waals surface area contributed by atoms with Gasteiger partial charge < -0.3 is 14.1 Å². The summed E-state index contributed by atoms with van der Waals surface area (Å²) in [6.45, 7) is 7.32. The maximum Gasteiger partial charge on any atom is 0.332 e. The van der Waals surface area contributed by atoms with Crippen LogP contribution >= 0.6 is 7.52 Å². The molecule has 0 radical (unpaired) electrons. The highest BCUT2D eigenvalue weighted by molar-refractivity contribution is 7.64. The van der Waals surface area contributed by atoms with Crippen LogP contribution in [-0.2, 0) is 18.6 Å². The molecule has 1 atom stereocenters. The lowest BCUT2D eigenvalue weighted by atomic mass is 10.3. The second-order valence-electron chi connectivity index (χ2n) is 4.69. The van der Waals surface area contributed by atoms with Gasteiger partial charge in [0.15, 0.2) is 6.61 Å². The molecule has 1 rings (SSSR count). The molecule has 1 aromatic carbocycles. The highest BCUT2D eigenvalue weighted by Gasteiger charge is 2.32. The molecule has 6 nitrogen and oxygen atoms in total. The maximum absolute atomic E-state index is 13.6. The first kappa shape index (κ1) is 20.0. The fraction of sp³-hybridized carbons (Fsp3) is 0.353. The van der Waals surface area contributed by atoms with E-state index < -0.39 is 20.1 Å². The third kappa shape index (κ3) is 5.25. The number of nitrogens with zero attached hydrogens (tertiary/aromatic N) is 1. The quantitative estimate of drug-likeness (QED) is 0.366. The van der Waals surface area contributed by atoms with Gasteiger partial charge in [0.1, 0.15) is 5.75 Å². The van der Waals surface area contributed by atoms with E-state index in [0.29, 0.717) is 17.6 Å². The van der Waals surface area contributed by atoms with Gasteiger partial charge in [-0.1, -0.05) is 12.2 Å². The highest BCUT2D eigenvalue weighted by atomic mass is 31.2. The molecule has 0 fully saturated rings. The SMILES string of the molecule is C=CCN(C=CC)P(=O)(OCC(=O)OCC)c1ccc(OC)cc1. The van der Waals surface area contributed by atoms with Gasteiger partial charge in [0.05, 0.1) is 19.0 Å². The molecule has 0 N–H and O–H groups in total. The minimum Gasteiger partial charge on any atom is -0.497 e. The van der Waals surface area contributed by atoms with E-state index in [1.807, 2.05) is 0 Å². The zero-order chi connectivity index (χ0) is 18.0. The van der Waals surface area contributed by atoms with Crippen LogP contribution in [0.2, 0.25) is 0 Å². The summed E-state index contributed by atoms with van der Waals surface area (Å²) in [4.78, 5) is 11.6. The lowest BCUT2D eigenvalue weighted by molar-refractivity contribution is -0.145. The molecule has 1 aromatic rings. The first-order chi connectivity index (χ1) is 11.5. The van der Waals surface area contributed by atoms with Crippen molar-refractivity contribution in [1.82, 2.24) is 4.67 Å². The fourth-order valence-electron chi connectivity index (χ4n) is 1.97. The standard InChI is InChI=1S/C17H24NO5P/c1-5-12-18(13-6-2)24(20,23-14-17(19)22-7-3)16-10-8-15(21-4)9-11-16/h5-6,8-11,13H,1,7,12,14H2,2-4H3. The number of esters is 1. The number of rotatable bonds is 10. The molecule has 24 heavy (non-hydrogen) atoms. The number of allylic oxidation sites excluding steroid dienone is 1. The van der Waals surface area contributed by atoms with Crippen LogP contribution in [0.4, 0.5) is 0 Å². The smallest absolute Gasteiger partial charge is 0.332 e. The van der Waals surface area contributed by atoms with Crippen LogP contribution in [0.1, 0.15) is 13.8 Å². The Hall–Kier alpha value is -2.04. The first-order valence-corrected chi connectivity index (χ1v) is 9.15. The lowest BCUT2D eigenvalue weighted by Gasteiger charge is -2.29. The van der Waals surface area contributed by atoms with Crippen LogP contribution in [0.25, 0.3) is 0 Å². The van der Waals surface area contributed by atoms with E-state index in [0.717, 1.165) is 0 Å². The van der Waals surface area contributed by atoms with Crippen LogP contribution in [0, 0.1) is 0 Å². The Morgan fingerprint density at radius 2 is 2.00 bits per heavy atom. The van der Waals surface area contributed by atoms with Gasteiger partial charge in [0.2, 0.25) is 0 Å². The number of benzene rings is 1. The lowest BCUT2D eigenvalue weighted by Crippen LogP contribution is -2.25.